The van der Waals surface area contributed by atoms with Gasteiger partial charge in [-0.15, -0.1) is 0 Å². The summed E-state index contributed by atoms with van der Waals surface area (Å²) in [5.74, 6) is 0.606. The second kappa shape index (κ2) is 2.66. The summed E-state index contributed by atoms with van der Waals surface area (Å²) >= 11 is 0. The molecule has 1 N–H and O–H groups in total. The predicted molar refractivity (Wildman–Crippen MR) is 50.3 cm³/mol. The molecule has 0 bridgehead atoms. The van der Waals surface area contributed by atoms with Crippen LogP contribution in [0.5, 0.6) is 17.2 Å². The smallest absolute Gasteiger partial charge is 0.336 e. The van der Waals surface area contributed by atoms with Crippen LogP contribution in [0.4, 0.5) is 0 Å². The standard InChI is InChI=1S/C10H6O5/c11-6-3-7-5(1-2-8(12)15-7)9-10(6)14-4-13-9/h1-3,11H,4H2. The third-order valence-electron chi connectivity index (χ3n) is 2.22. The van der Waals surface area contributed by atoms with Crippen molar-refractivity contribution in [2.75, 3.05) is 6.79 Å². The molecule has 1 aromatic heterocycles. The van der Waals surface area contributed by atoms with E-state index in [-0.39, 0.29) is 23.9 Å². The maximum Gasteiger partial charge on any atom is 0.336 e. The highest BCUT2D eigenvalue weighted by molar-refractivity contribution is 5.89. The van der Waals surface area contributed by atoms with Crippen LogP contribution in [-0.2, 0) is 0 Å². The van der Waals surface area contributed by atoms with Gasteiger partial charge in [-0.2, -0.15) is 0 Å². The summed E-state index contributed by atoms with van der Waals surface area (Å²) in [6.45, 7) is 0.0567. The Bertz CT molecular complexity index is 599. The lowest BCUT2D eigenvalue weighted by Crippen LogP contribution is -1.95. The number of phenolic OH excluding ortho intramolecular Hbond substituents is 1. The molecule has 1 aliphatic rings. The van der Waals surface area contributed by atoms with Crippen LogP contribution in [-0.4, -0.2) is 11.9 Å². The van der Waals surface area contributed by atoms with Crippen molar-refractivity contribution >= 4 is 11.0 Å². The third-order valence-corrected chi connectivity index (χ3v) is 2.22. The van der Waals surface area contributed by atoms with Gasteiger partial charge in [-0.05, 0) is 6.07 Å². The van der Waals surface area contributed by atoms with Crippen molar-refractivity contribution < 1.29 is 19.0 Å². The molecule has 0 atom stereocenters. The lowest BCUT2D eigenvalue weighted by molar-refractivity contribution is 0.172. The lowest BCUT2D eigenvalue weighted by Gasteiger charge is -2.02. The molecule has 0 aliphatic carbocycles. The van der Waals surface area contributed by atoms with Gasteiger partial charge in [-0.1, -0.05) is 0 Å². The fraction of sp³-hybridized carbons (Fsp3) is 0.100. The van der Waals surface area contributed by atoms with Crippen LogP contribution >= 0.6 is 0 Å². The average molecular weight is 206 g/mol. The third kappa shape index (κ3) is 1.06. The first kappa shape index (κ1) is 8.16. The van der Waals surface area contributed by atoms with Crippen molar-refractivity contribution in [1.29, 1.82) is 0 Å². The predicted octanol–water partition coefficient (Wildman–Crippen LogP) is 1.23. The van der Waals surface area contributed by atoms with Crippen molar-refractivity contribution in [3.63, 3.8) is 0 Å². The quantitative estimate of drug-likeness (QED) is 0.656. The number of aromatic hydroxyl groups is 1. The van der Waals surface area contributed by atoms with Gasteiger partial charge in [0.2, 0.25) is 12.5 Å². The molecule has 0 radical (unpaired) electrons. The van der Waals surface area contributed by atoms with E-state index in [2.05, 4.69) is 0 Å². The fourth-order valence-corrected chi connectivity index (χ4v) is 1.58. The van der Waals surface area contributed by atoms with Gasteiger partial charge >= 0.3 is 5.63 Å². The highest BCUT2D eigenvalue weighted by atomic mass is 16.7. The fourth-order valence-electron chi connectivity index (χ4n) is 1.58. The molecule has 0 saturated heterocycles. The zero-order valence-corrected chi connectivity index (χ0v) is 7.52. The number of hydrogen-bond acceptors (Lipinski definition) is 5. The van der Waals surface area contributed by atoms with Crippen LogP contribution < -0.4 is 15.1 Å². The van der Waals surface area contributed by atoms with Gasteiger partial charge in [0.05, 0.1) is 5.39 Å². The van der Waals surface area contributed by atoms with Crippen molar-refractivity contribution in [1.82, 2.24) is 0 Å². The van der Waals surface area contributed by atoms with Gasteiger partial charge in [0.25, 0.3) is 0 Å². The van der Waals surface area contributed by atoms with E-state index in [1.165, 1.54) is 12.1 Å². The van der Waals surface area contributed by atoms with Gasteiger partial charge in [0, 0.05) is 12.1 Å². The normalized spacial score (nSPS) is 13.3. The Morgan fingerprint density at radius 3 is 2.87 bits per heavy atom. The van der Waals surface area contributed by atoms with Crippen LogP contribution in [0.3, 0.4) is 0 Å². The van der Waals surface area contributed by atoms with Gasteiger partial charge < -0.3 is 19.0 Å². The number of ether oxygens (including phenoxy) is 2. The van der Waals surface area contributed by atoms with E-state index in [1.54, 1.807) is 6.07 Å². The van der Waals surface area contributed by atoms with Crippen LogP contribution in [0.15, 0.2) is 27.4 Å². The maximum absolute atomic E-state index is 11.0. The van der Waals surface area contributed by atoms with Gasteiger partial charge in [-0.25, -0.2) is 4.79 Å². The molecule has 5 heteroatoms. The van der Waals surface area contributed by atoms with Crippen LogP contribution in [0.25, 0.3) is 11.0 Å². The van der Waals surface area contributed by atoms with Crippen LogP contribution in [0.1, 0.15) is 0 Å². The van der Waals surface area contributed by atoms with Crippen molar-refractivity contribution in [2.45, 2.75) is 0 Å². The van der Waals surface area contributed by atoms with Crippen molar-refractivity contribution in [3.05, 3.63) is 28.6 Å². The molecule has 1 aliphatic heterocycles. The highest BCUT2D eigenvalue weighted by Gasteiger charge is 2.22. The zero-order valence-electron chi connectivity index (χ0n) is 7.52. The van der Waals surface area contributed by atoms with Crippen LogP contribution in [0.2, 0.25) is 0 Å². The SMILES string of the molecule is O=c1ccc2c3c(c(O)cc2o1)OCO3. The molecule has 2 heterocycles. The maximum atomic E-state index is 11.0. The average Bonchev–Trinajstić information content (AvgIpc) is 2.66. The zero-order chi connectivity index (χ0) is 10.4. The number of hydrogen-bond donors (Lipinski definition) is 1. The molecule has 0 unspecified atom stereocenters. The minimum atomic E-state index is -0.472. The Hall–Kier alpha value is -2.17. The van der Waals surface area contributed by atoms with Gasteiger partial charge in [0.1, 0.15) is 5.58 Å². The molecule has 0 saturated carbocycles. The van der Waals surface area contributed by atoms with Gasteiger partial charge in [0.15, 0.2) is 11.5 Å². The monoisotopic (exact) mass is 206 g/mol. The summed E-state index contributed by atoms with van der Waals surface area (Å²) in [7, 11) is 0. The molecular formula is C10H6O5. The number of rotatable bonds is 0. The van der Waals surface area contributed by atoms with E-state index in [4.69, 9.17) is 13.9 Å². The molecule has 3 rings (SSSR count). The first-order valence-corrected chi connectivity index (χ1v) is 4.31. The van der Waals surface area contributed by atoms with Crippen molar-refractivity contribution in [3.8, 4) is 17.2 Å². The molecule has 0 fully saturated rings. The summed E-state index contributed by atoms with van der Waals surface area (Å²) in [5.41, 5.74) is -0.190. The van der Waals surface area contributed by atoms with Crippen LogP contribution in [0, 0.1) is 0 Å². The largest absolute Gasteiger partial charge is 0.504 e. The molecule has 2 aromatic rings. The van der Waals surface area contributed by atoms with E-state index in [9.17, 15) is 9.90 Å². The lowest BCUT2D eigenvalue weighted by atomic mass is 10.2. The Labute approximate surface area is 83.5 Å². The minimum Gasteiger partial charge on any atom is -0.504 e. The second-order valence-corrected chi connectivity index (χ2v) is 3.13. The Kier molecular flexibility index (Phi) is 1.45. The number of benzene rings is 1. The molecule has 76 valence electrons. The number of fused-ring (bicyclic) bond motifs is 3. The number of phenols is 1. The Balaban J connectivity index is 2.48. The second-order valence-electron chi connectivity index (χ2n) is 3.13. The molecule has 15 heavy (non-hydrogen) atoms. The molecular weight excluding hydrogens is 200 g/mol. The summed E-state index contributed by atoms with van der Waals surface area (Å²) in [6.07, 6.45) is 0. The summed E-state index contributed by atoms with van der Waals surface area (Å²) in [6, 6.07) is 4.21. The summed E-state index contributed by atoms with van der Waals surface area (Å²) in [5, 5.41) is 10.2. The molecule has 0 amide bonds. The van der Waals surface area contributed by atoms with E-state index in [0.717, 1.165) is 0 Å². The highest BCUT2D eigenvalue weighted by Crippen LogP contribution is 2.45. The van der Waals surface area contributed by atoms with Gasteiger partial charge in [-0.3, -0.25) is 0 Å². The van der Waals surface area contributed by atoms with E-state index in [1.807, 2.05) is 0 Å². The minimum absolute atomic E-state index is 0.0567. The first-order chi connectivity index (χ1) is 7.25. The van der Waals surface area contributed by atoms with E-state index in [0.29, 0.717) is 11.1 Å². The summed E-state index contributed by atoms with van der Waals surface area (Å²) in [4.78, 5) is 11.0. The Morgan fingerprint density at radius 1 is 1.20 bits per heavy atom. The topological polar surface area (TPSA) is 68.9 Å². The van der Waals surface area contributed by atoms with E-state index < -0.39 is 5.63 Å². The Morgan fingerprint density at radius 2 is 2.00 bits per heavy atom. The molecule has 1 aromatic carbocycles. The summed E-state index contributed by atoms with van der Waals surface area (Å²) < 4.78 is 15.2. The molecule has 5 nitrogen and oxygen atoms in total. The first-order valence-electron chi connectivity index (χ1n) is 4.31. The van der Waals surface area contributed by atoms with Crippen molar-refractivity contribution in [2.24, 2.45) is 0 Å². The molecule has 0 spiro atoms. The van der Waals surface area contributed by atoms with E-state index >= 15 is 0 Å².